The summed E-state index contributed by atoms with van der Waals surface area (Å²) >= 11 is 0. The Morgan fingerprint density at radius 2 is 2.44 bits per heavy atom. The van der Waals surface area contributed by atoms with E-state index in [1.54, 1.807) is 7.05 Å². The van der Waals surface area contributed by atoms with Crippen molar-refractivity contribution in [1.82, 2.24) is 5.06 Å². The average Bonchev–Trinajstić information content (AvgIpc) is 1.90. The predicted octanol–water partition coefficient (Wildman–Crippen LogP) is 1.52. The molecule has 0 aliphatic heterocycles. The standard InChI is InChI=1S/C7H12NO/c1-8(9)7-5-3-2-4-6-7/h3,5,7H,2,4,6H2,1H3/q-1. The first-order valence-corrected chi connectivity index (χ1v) is 3.37. The fourth-order valence-corrected chi connectivity index (χ4v) is 1.10. The van der Waals surface area contributed by atoms with Crippen molar-refractivity contribution in [2.75, 3.05) is 7.05 Å². The van der Waals surface area contributed by atoms with Gasteiger partial charge >= 0.3 is 0 Å². The molecule has 1 rings (SSSR count). The number of likely N-dealkylation sites (N-methyl/N-ethyl adjacent to an activating group) is 1. The van der Waals surface area contributed by atoms with E-state index in [1.807, 2.05) is 6.08 Å². The normalized spacial score (nSPS) is 27.2. The van der Waals surface area contributed by atoms with Crippen LogP contribution in [-0.4, -0.2) is 18.2 Å². The van der Waals surface area contributed by atoms with E-state index in [1.165, 1.54) is 0 Å². The minimum Gasteiger partial charge on any atom is -0.785 e. The minimum atomic E-state index is 0.152. The van der Waals surface area contributed by atoms with Gasteiger partial charge in [-0.05, 0) is 26.3 Å². The van der Waals surface area contributed by atoms with Crippen molar-refractivity contribution in [3.05, 3.63) is 17.4 Å². The summed E-state index contributed by atoms with van der Waals surface area (Å²) in [5, 5.41) is 11.7. The Balaban J connectivity index is 2.40. The van der Waals surface area contributed by atoms with Crippen molar-refractivity contribution in [3.8, 4) is 0 Å². The molecule has 0 amide bonds. The van der Waals surface area contributed by atoms with E-state index in [-0.39, 0.29) is 6.04 Å². The molecule has 1 atom stereocenters. The van der Waals surface area contributed by atoms with Crippen LogP contribution in [0.2, 0.25) is 0 Å². The summed E-state index contributed by atoms with van der Waals surface area (Å²) in [5.74, 6) is 0. The minimum absolute atomic E-state index is 0.152. The van der Waals surface area contributed by atoms with Gasteiger partial charge in [-0.25, -0.2) is 0 Å². The molecule has 9 heavy (non-hydrogen) atoms. The lowest BCUT2D eigenvalue weighted by Gasteiger charge is -2.32. The van der Waals surface area contributed by atoms with Crippen molar-refractivity contribution < 1.29 is 0 Å². The Labute approximate surface area is 55.7 Å². The molecule has 52 valence electrons. The maximum Gasteiger partial charge on any atom is 0.0158 e. The molecule has 0 heterocycles. The first-order chi connectivity index (χ1) is 4.30. The molecular formula is C7H12NO-. The third kappa shape index (κ3) is 1.80. The number of hydrogen-bond acceptors (Lipinski definition) is 2. The van der Waals surface area contributed by atoms with Crippen LogP contribution in [0.1, 0.15) is 19.3 Å². The monoisotopic (exact) mass is 126 g/mol. The molecule has 0 spiro atoms. The Kier molecular flexibility index (Phi) is 2.25. The molecule has 1 aliphatic carbocycles. The average molecular weight is 126 g/mol. The maximum atomic E-state index is 10.7. The summed E-state index contributed by atoms with van der Waals surface area (Å²) in [7, 11) is 1.58. The summed E-state index contributed by atoms with van der Waals surface area (Å²) in [4.78, 5) is 0. The van der Waals surface area contributed by atoms with Crippen molar-refractivity contribution in [2.45, 2.75) is 25.3 Å². The van der Waals surface area contributed by atoms with Crippen LogP contribution in [0.4, 0.5) is 0 Å². The summed E-state index contributed by atoms with van der Waals surface area (Å²) in [5.41, 5.74) is 0. The van der Waals surface area contributed by atoms with Crippen LogP contribution in [-0.2, 0) is 0 Å². The van der Waals surface area contributed by atoms with E-state index in [0.29, 0.717) is 0 Å². The predicted molar refractivity (Wildman–Crippen MR) is 37.9 cm³/mol. The van der Waals surface area contributed by atoms with Crippen molar-refractivity contribution in [2.24, 2.45) is 0 Å². The third-order valence-corrected chi connectivity index (χ3v) is 1.70. The van der Waals surface area contributed by atoms with Gasteiger partial charge in [-0.15, -0.1) is 0 Å². The summed E-state index contributed by atoms with van der Waals surface area (Å²) < 4.78 is 0. The molecular weight excluding hydrogens is 114 g/mol. The van der Waals surface area contributed by atoms with Gasteiger partial charge in [0.1, 0.15) is 0 Å². The number of rotatable bonds is 1. The molecule has 2 nitrogen and oxygen atoms in total. The first-order valence-electron chi connectivity index (χ1n) is 3.37. The van der Waals surface area contributed by atoms with Crippen LogP contribution >= 0.6 is 0 Å². The molecule has 0 bridgehead atoms. The molecule has 2 heteroatoms. The van der Waals surface area contributed by atoms with E-state index < -0.39 is 0 Å². The lowest BCUT2D eigenvalue weighted by Crippen LogP contribution is -2.25. The Hall–Kier alpha value is -0.340. The van der Waals surface area contributed by atoms with E-state index in [4.69, 9.17) is 0 Å². The summed E-state index contributed by atoms with van der Waals surface area (Å²) in [6.07, 6.45) is 7.41. The van der Waals surface area contributed by atoms with Gasteiger partial charge < -0.3 is 10.3 Å². The topological polar surface area (TPSA) is 26.3 Å². The molecule has 0 radical (unpaired) electrons. The molecule has 0 aromatic heterocycles. The highest BCUT2D eigenvalue weighted by atomic mass is 16.5. The van der Waals surface area contributed by atoms with Crippen molar-refractivity contribution in [3.63, 3.8) is 0 Å². The van der Waals surface area contributed by atoms with Gasteiger partial charge in [0.25, 0.3) is 0 Å². The molecule has 0 saturated carbocycles. The smallest absolute Gasteiger partial charge is 0.0158 e. The second kappa shape index (κ2) is 2.99. The van der Waals surface area contributed by atoms with Crippen molar-refractivity contribution >= 4 is 0 Å². The van der Waals surface area contributed by atoms with E-state index >= 15 is 0 Å². The van der Waals surface area contributed by atoms with Crippen LogP contribution < -0.4 is 0 Å². The summed E-state index contributed by atoms with van der Waals surface area (Å²) in [6.45, 7) is 0. The van der Waals surface area contributed by atoms with Gasteiger partial charge in [0.05, 0.1) is 0 Å². The van der Waals surface area contributed by atoms with Crippen LogP contribution in [0.3, 0.4) is 0 Å². The fraction of sp³-hybridized carbons (Fsp3) is 0.714. The van der Waals surface area contributed by atoms with Crippen LogP contribution in [0.15, 0.2) is 12.2 Å². The first kappa shape index (κ1) is 6.78. The van der Waals surface area contributed by atoms with Gasteiger partial charge in [0, 0.05) is 6.04 Å². The zero-order chi connectivity index (χ0) is 6.69. The van der Waals surface area contributed by atoms with Crippen LogP contribution in [0, 0.1) is 5.21 Å². The Morgan fingerprint density at radius 3 is 2.78 bits per heavy atom. The van der Waals surface area contributed by atoms with Gasteiger partial charge in [-0.3, -0.25) is 0 Å². The highest BCUT2D eigenvalue weighted by Gasteiger charge is 2.05. The van der Waals surface area contributed by atoms with E-state index in [9.17, 15) is 5.21 Å². The van der Waals surface area contributed by atoms with Gasteiger partial charge in [0.15, 0.2) is 0 Å². The molecule has 0 aromatic rings. The SMILES string of the molecule is CN([O-])C1C=CCCC1. The molecule has 0 aromatic carbocycles. The molecule has 0 saturated heterocycles. The molecule has 0 fully saturated rings. The lowest BCUT2D eigenvalue weighted by molar-refractivity contribution is 0.353. The van der Waals surface area contributed by atoms with E-state index in [0.717, 1.165) is 24.3 Å². The number of hydrogen-bond donors (Lipinski definition) is 0. The number of nitrogens with zero attached hydrogens (tertiary/aromatic N) is 1. The third-order valence-electron chi connectivity index (χ3n) is 1.70. The molecule has 1 aliphatic rings. The zero-order valence-electron chi connectivity index (χ0n) is 5.71. The highest BCUT2D eigenvalue weighted by Crippen LogP contribution is 2.13. The maximum absolute atomic E-state index is 10.7. The van der Waals surface area contributed by atoms with Crippen LogP contribution in [0.25, 0.3) is 0 Å². The largest absolute Gasteiger partial charge is 0.785 e. The second-order valence-corrected chi connectivity index (χ2v) is 2.47. The van der Waals surface area contributed by atoms with Crippen LogP contribution in [0.5, 0.6) is 0 Å². The summed E-state index contributed by atoms with van der Waals surface area (Å²) in [6, 6.07) is 0.152. The van der Waals surface area contributed by atoms with Gasteiger partial charge in [-0.2, -0.15) is 0 Å². The highest BCUT2D eigenvalue weighted by molar-refractivity contribution is 4.97. The molecule has 0 N–H and O–H groups in total. The second-order valence-electron chi connectivity index (χ2n) is 2.47. The van der Waals surface area contributed by atoms with Gasteiger partial charge in [0.2, 0.25) is 0 Å². The molecule has 1 unspecified atom stereocenters. The Bertz CT molecular complexity index is 109. The van der Waals surface area contributed by atoms with Crippen molar-refractivity contribution in [1.29, 1.82) is 0 Å². The number of hydroxylamine groups is 2. The van der Waals surface area contributed by atoms with Gasteiger partial charge in [-0.1, -0.05) is 12.2 Å². The van der Waals surface area contributed by atoms with E-state index in [2.05, 4.69) is 6.08 Å². The lowest BCUT2D eigenvalue weighted by atomic mass is 10.0. The number of allylic oxidation sites excluding steroid dienone is 1. The zero-order valence-corrected chi connectivity index (χ0v) is 5.71. The Morgan fingerprint density at radius 1 is 1.67 bits per heavy atom. The fourth-order valence-electron chi connectivity index (χ4n) is 1.10. The quantitative estimate of drug-likeness (QED) is 0.393.